The van der Waals surface area contributed by atoms with Crippen molar-refractivity contribution in [3.8, 4) is 0 Å². The minimum atomic E-state index is 0.140. The van der Waals surface area contributed by atoms with Crippen LogP contribution in [0.25, 0.3) is 0 Å². The van der Waals surface area contributed by atoms with Gasteiger partial charge in [0.15, 0.2) is 0 Å². The van der Waals surface area contributed by atoms with Crippen LogP contribution in [0.5, 0.6) is 0 Å². The Bertz CT molecular complexity index is 318. The quantitative estimate of drug-likeness (QED) is 0.809. The van der Waals surface area contributed by atoms with E-state index in [1.54, 1.807) is 6.92 Å². The average molecular weight is 211 g/mol. The van der Waals surface area contributed by atoms with E-state index in [-0.39, 0.29) is 5.54 Å². The van der Waals surface area contributed by atoms with Crippen LogP contribution in [0.2, 0.25) is 0 Å². The number of hydrogen-bond acceptors (Lipinski definition) is 5. The highest BCUT2D eigenvalue weighted by molar-refractivity contribution is 4.88. The largest absolute Gasteiger partial charge is 0.424 e. The topological polar surface area (TPSA) is 60.2 Å². The molecule has 84 valence electrons. The van der Waals surface area contributed by atoms with Crippen LogP contribution in [0.1, 0.15) is 31.5 Å². The van der Waals surface area contributed by atoms with Crippen LogP contribution in [0.3, 0.4) is 0 Å². The third-order valence-electron chi connectivity index (χ3n) is 2.83. The summed E-state index contributed by atoms with van der Waals surface area (Å²) in [5, 5.41) is 11.2. The monoisotopic (exact) mass is 211 g/mol. The summed E-state index contributed by atoms with van der Waals surface area (Å²) in [6.07, 6.45) is 2.06. The molecule has 0 atom stereocenters. The van der Waals surface area contributed by atoms with E-state index in [0.717, 1.165) is 26.1 Å². The Hall–Kier alpha value is -0.940. The first-order chi connectivity index (χ1) is 7.18. The van der Waals surface area contributed by atoms with E-state index in [1.165, 1.54) is 0 Å². The Morgan fingerprint density at radius 3 is 2.67 bits per heavy atom. The highest BCUT2D eigenvalue weighted by Crippen LogP contribution is 2.20. The zero-order valence-electron chi connectivity index (χ0n) is 9.25. The second kappa shape index (κ2) is 4.28. The van der Waals surface area contributed by atoms with Gasteiger partial charge in [0.05, 0.1) is 6.54 Å². The number of hydrogen-bond donors (Lipinski definition) is 1. The molecule has 1 aliphatic heterocycles. The minimum Gasteiger partial charge on any atom is -0.424 e. The molecule has 1 aromatic rings. The molecule has 1 saturated heterocycles. The van der Waals surface area contributed by atoms with Crippen molar-refractivity contribution in [1.82, 2.24) is 15.5 Å². The van der Waals surface area contributed by atoms with Crippen LogP contribution in [-0.4, -0.2) is 29.0 Å². The second-order valence-corrected chi connectivity index (χ2v) is 4.24. The zero-order valence-corrected chi connectivity index (χ0v) is 9.25. The van der Waals surface area contributed by atoms with Crippen LogP contribution in [0.4, 0.5) is 0 Å². The minimum absolute atomic E-state index is 0.140. The van der Waals surface area contributed by atoms with Gasteiger partial charge in [0.1, 0.15) is 0 Å². The number of nitrogens with zero attached hydrogens (tertiary/aromatic N) is 2. The highest BCUT2D eigenvalue weighted by atomic mass is 16.5. The number of ether oxygens (including phenoxy) is 1. The van der Waals surface area contributed by atoms with Gasteiger partial charge in [0.2, 0.25) is 11.8 Å². The summed E-state index contributed by atoms with van der Waals surface area (Å²) in [6, 6.07) is 0. The van der Waals surface area contributed by atoms with Crippen LogP contribution in [-0.2, 0) is 11.3 Å². The average Bonchev–Trinajstić information content (AvgIpc) is 2.63. The summed E-state index contributed by atoms with van der Waals surface area (Å²) in [6.45, 7) is 6.29. The molecule has 1 N–H and O–H groups in total. The van der Waals surface area contributed by atoms with E-state index in [2.05, 4.69) is 22.4 Å². The molecule has 0 radical (unpaired) electrons. The molecule has 2 rings (SSSR count). The maximum absolute atomic E-state index is 5.33. The van der Waals surface area contributed by atoms with Gasteiger partial charge in [0, 0.05) is 25.7 Å². The molecule has 0 aromatic carbocycles. The third-order valence-corrected chi connectivity index (χ3v) is 2.83. The Balaban J connectivity index is 1.86. The normalized spacial score (nSPS) is 20.4. The number of aryl methyl sites for hydroxylation is 1. The zero-order chi connectivity index (χ0) is 10.7. The van der Waals surface area contributed by atoms with Crippen molar-refractivity contribution in [1.29, 1.82) is 0 Å². The molecule has 1 aliphatic rings. The summed E-state index contributed by atoms with van der Waals surface area (Å²) in [5.41, 5.74) is 0.140. The Kier molecular flexibility index (Phi) is 3.02. The lowest BCUT2D eigenvalue weighted by atomic mass is 9.92. The molecule has 0 aliphatic carbocycles. The van der Waals surface area contributed by atoms with Gasteiger partial charge in [-0.3, -0.25) is 0 Å². The maximum Gasteiger partial charge on any atom is 0.230 e. The molecule has 15 heavy (non-hydrogen) atoms. The summed E-state index contributed by atoms with van der Waals surface area (Å²) >= 11 is 0. The van der Waals surface area contributed by atoms with Crippen molar-refractivity contribution in [2.75, 3.05) is 13.2 Å². The van der Waals surface area contributed by atoms with Crippen molar-refractivity contribution in [2.45, 2.75) is 38.8 Å². The molecule has 5 heteroatoms. The fourth-order valence-corrected chi connectivity index (χ4v) is 1.70. The van der Waals surface area contributed by atoms with Gasteiger partial charge >= 0.3 is 0 Å². The van der Waals surface area contributed by atoms with Gasteiger partial charge in [-0.05, 0) is 19.8 Å². The summed E-state index contributed by atoms with van der Waals surface area (Å²) in [4.78, 5) is 0. The van der Waals surface area contributed by atoms with Gasteiger partial charge in [-0.25, -0.2) is 0 Å². The molecule has 0 saturated carbocycles. The highest BCUT2D eigenvalue weighted by Gasteiger charge is 2.26. The third kappa shape index (κ3) is 2.76. The Morgan fingerprint density at radius 2 is 2.07 bits per heavy atom. The first kappa shape index (κ1) is 10.6. The van der Waals surface area contributed by atoms with E-state index >= 15 is 0 Å². The first-order valence-corrected chi connectivity index (χ1v) is 5.30. The van der Waals surface area contributed by atoms with Gasteiger partial charge in [0.25, 0.3) is 0 Å². The standard InChI is InChI=1S/C10H17N3O2/c1-8-12-13-9(15-8)7-11-10(2)3-5-14-6-4-10/h11H,3-7H2,1-2H3. The van der Waals surface area contributed by atoms with Crippen molar-refractivity contribution < 1.29 is 9.15 Å². The van der Waals surface area contributed by atoms with Crippen molar-refractivity contribution >= 4 is 0 Å². The van der Waals surface area contributed by atoms with E-state index in [0.29, 0.717) is 18.3 Å². The van der Waals surface area contributed by atoms with Gasteiger partial charge in [-0.1, -0.05) is 0 Å². The predicted octanol–water partition coefficient (Wildman–Crippen LogP) is 1.04. The molecule has 2 heterocycles. The van der Waals surface area contributed by atoms with E-state index in [4.69, 9.17) is 9.15 Å². The molecule has 0 spiro atoms. The second-order valence-electron chi connectivity index (χ2n) is 4.24. The van der Waals surface area contributed by atoms with E-state index in [9.17, 15) is 0 Å². The summed E-state index contributed by atoms with van der Waals surface area (Å²) < 4.78 is 10.6. The molecule has 5 nitrogen and oxygen atoms in total. The number of rotatable bonds is 3. The van der Waals surface area contributed by atoms with Crippen LogP contribution in [0, 0.1) is 6.92 Å². The summed E-state index contributed by atoms with van der Waals surface area (Å²) in [7, 11) is 0. The summed E-state index contributed by atoms with van der Waals surface area (Å²) in [5.74, 6) is 1.27. The molecular formula is C10H17N3O2. The number of aromatic nitrogens is 2. The predicted molar refractivity (Wildman–Crippen MR) is 54.3 cm³/mol. The van der Waals surface area contributed by atoms with Gasteiger partial charge in [-0.15, -0.1) is 10.2 Å². The van der Waals surface area contributed by atoms with E-state index in [1.807, 2.05) is 0 Å². The fraction of sp³-hybridized carbons (Fsp3) is 0.800. The van der Waals surface area contributed by atoms with Crippen molar-refractivity contribution in [2.24, 2.45) is 0 Å². The smallest absolute Gasteiger partial charge is 0.230 e. The van der Waals surface area contributed by atoms with Crippen LogP contribution >= 0.6 is 0 Å². The Labute approximate surface area is 89.2 Å². The van der Waals surface area contributed by atoms with Crippen molar-refractivity contribution in [3.63, 3.8) is 0 Å². The SMILES string of the molecule is Cc1nnc(CNC2(C)CCOCC2)o1. The molecular weight excluding hydrogens is 194 g/mol. The number of nitrogens with one attached hydrogen (secondary N) is 1. The molecule has 1 fully saturated rings. The lowest BCUT2D eigenvalue weighted by molar-refractivity contribution is 0.0437. The maximum atomic E-state index is 5.33. The molecule has 0 amide bonds. The molecule has 0 bridgehead atoms. The lowest BCUT2D eigenvalue weighted by Crippen LogP contribution is -2.46. The van der Waals surface area contributed by atoms with Crippen molar-refractivity contribution in [3.05, 3.63) is 11.8 Å². The molecule has 1 aromatic heterocycles. The fourth-order valence-electron chi connectivity index (χ4n) is 1.70. The first-order valence-electron chi connectivity index (χ1n) is 5.30. The van der Waals surface area contributed by atoms with Crippen LogP contribution in [0.15, 0.2) is 4.42 Å². The lowest BCUT2D eigenvalue weighted by Gasteiger charge is -2.34. The van der Waals surface area contributed by atoms with Gasteiger partial charge in [-0.2, -0.15) is 0 Å². The van der Waals surface area contributed by atoms with Gasteiger partial charge < -0.3 is 14.5 Å². The molecule has 0 unspecified atom stereocenters. The Morgan fingerprint density at radius 1 is 1.33 bits per heavy atom. The van der Waals surface area contributed by atoms with Crippen LogP contribution < -0.4 is 5.32 Å². The van der Waals surface area contributed by atoms with E-state index < -0.39 is 0 Å².